The highest BCUT2D eigenvalue weighted by Crippen LogP contribution is 2.24. The van der Waals surface area contributed by atoms with Gasteiger partial charge in [0.15, 0.2) is 0 Å². The Kier molecular flexibility index (Phi) is 3.81. The van der Waals surface area contributed by atoms with Crippen LogP contribution in [0.2, 0.25) is 0 Å². The number of aromatic carboxylic acids is 1. The van der Waals surface area contributed by atoms with E-state index in [0.717, 1.165) is 3.57 Å². The van der Waals surface area contributed by atoms with Crippen LogP contribution in [0.4, 0.5) is 0 Å². The predicted octanol–water partition coefficient (Wildman–Crippen LogP) is 3.49. The third kappa shape index (κ3) is 2.98. The zero-order chi connectivity index (χ0) is 13.1. The average Bonchev–Trinajstić information content (AvgIpc) is 2.32. The normalized spacial score (nSPS) is 10.1. The van der Waals surface area contributed by atoms with Gasteiger partial charge in [-0.25, -0.2) is 9.78 Å². The van der Waals surface area contributed by atoms with E-state index in [1.54, 1.807) is 25.1 Å². The Hall–Kier alpha value is -1.63. The van der Waals surface area contributed by atoms with Crippen LogP contribution in [0.3, 0.4) is 0 Å². The summed E-state index contributed by atoms with van der Waals surface area (Å²) in [7, 11) is 0. The molecule has 1 heterocycles. The van der Waals surface area contributed by atoms with E-state index < -0.39 is 5.97 Å². The van der Waals surface area contributed by atoms with Crippen molar-refractivity contribution in [1.29, 1.82) is 0 Å². The second-order valence-electron chi connectivity index (χ2n) is 3.67. The summed E-state index contributed by atoms with van der Waals surface area (Å²) in [6, 6.07) is 10.4. The molecule has 0 spiro atoms. The Morgan fingerprint density at radius 1 is 1.22 bits per heavy atom. The van der Waals surface area contributed by atoms with E-state index in [1.807, 2.05) is 12.1 Å². The number of hydrogen-bond acceptors (Lipinski definition) is 3. The summed E-state index contributed by atoms with van der Waals surface area (Å²) >= 11 is 2.18. The number of aromatic nitrogens is 1. The fraction of sp³-hybridized carbons (Fsp3) is 0.0769. The van der Waals surface area contributed by atoms with Gasteiger partial charge in [0.05, 0.1) is 0 Å². The van der Waals surface area contributed by atoms with Crippen molar-refractivity contribution < 1.29 is 14.6 Å². The zero-order valence-corrected chi connectivity index (χ0v) is 11.7. The van der Waals surface area contributed by atoms with Gasteiger partial charge in [0, 0.05) is 9.26 Å². The molecule has 0 bridgehead atoms. The number of carbonyl (C=O) groups is 1. The van der Waals surface area contributed by atoms with Crippen LogP contribution in [0.1, 0.15) is 16.1 Å². The Balaban J connectivity index is 2.35. The van der Waals surface area contributed by atoms with Crippen molar-refractivity contribution in [2.75, 3.05) is 0 Å². The van der Waals surface area contributed by atoms with Crippen LogP contribution in [-0.2, 0) is 0 Å². The van der Waals surface area contributed by atoms with Crippen LogP contribution in [0.25, 0.3) is 0 Å². The summed E-state index contributed by atoms with van der Waals surface area (Å²) in [5.74, 6) is -0.372. The van der Waals surface area contributed by atoms with Crippen LogP contribution in [0.5, 0.6) is 11.6 Å². The lowest BCUT2D eigenvalue weighted by atomic mass is 10.2. The molecule has 2 rings (SSSR count). The molecule has 5 heteroatoms. The number of halogens is 1. The van der Waals surface area contributed by atoms with Crippen molar-refractivity contribution in [3.05, 3.63) is 51.2 Å². The van der Waals surface area contributed by atoms with Gasteiger partial charge in [0.25, 0.3) is 0 Å². The molecule has 0 radical (unpaired) electrons. The molecule has 0 aliphatic rings. The number of nitrogens with zero attached hydrogens (tertiary/aromatic N) is 1. The molecule has 1 N–H and O–H groups in total. The number of ether oxygens (including phenoxy) is 1. The molecule has 0 aliphatic heterocycles. The van der Waals surface area contributed by atoms with Crippen molar-refractivity contribution in [3.63, 3.8) is 0 Å². The molecule has 0 atom stereocenters. The molecule has 1 aromatic heterocycles. The topological polar surface area (TPSA) is 59.4 Å². The Morgan fingerprint density at radius 2 is 1.89 bits per heavy atom. The van der Waals surface area contributed by atoms with Gasteiger partial charge in [-0.1, -0.05) is 0 Å². The van der Waals surface area contributed by atoms with Crippen LogP contribution in [0, 0.1) is 10.5 Å². The lowest BCUT2D eigenvalue weighted by Crippen LogP contribution is -2.02. The van der Waals surface area contributed by atoms with Gasteiger partial charge in [0.1, 0.15) is 11.3 Å². The van der Waals surface area contributed by atoms with Gasteiger partial charge in [-0.2, -0.15) is 0 Å². The molecular formula is C13H10INO3. The van der Waals surface area contributed by atoms with Crippen LogP contribution in [-0.4, -0.2) is 16.1 Å². The first kappa shape index (κ1) is 12.8. The molecular weight excluding hydrogens is 345 g/mol. The van der Waals surface area contributed by atoms with Crippen LogP contribution >= 0.6 is 22.6 Å². The first-order valence-electron chi connectivity index (χ1n) is 5.20. The standard InChI is InChI=1S/C13H10INO3/c1-8-2-7-11(13(16)17)12(15-8)18-10-5-3-9(14)4-6-10/h2-7H,1H3,(H,16,17). The molecule has 0 aliphatic carbocycles. The largest absolute Gasteiger partial charge is 0.477 e. The van der Waals surface area contributed by atoms with Crippen molar-refractivity contribution in [2.45, 2.75) is 6.92 Å². The quantitative estimate of drug-likeness (QED) is 0.857. The maximum atomic E-state index is 11.1. The fourth-order valence-corrected chi connectivity index (χ4v) is 1.75. The maximum Gasteiger partial charge on any atom is 0.341 e. The lowest BCUT2D eigenvalue weighted by Gasteiger charge is -2.08. The second-order valence-corrected chi connectivity index (χ2v) is 4.91. The number of pyridine rings is 1. The fourth-order valence-electron chi connectivity index (χ4n) is 1.39. The zero-order valence-electron chi connectivity index (χ0n) is 9.55. The van der Waals surface area contributed by atoms with E-state index in [2.05, 4.69) is 27.6 Å². The van der Waals surface area contributed by atoms with E-state index in [1.165, 1.54) is 6.07 Å². The summed E-state index contributed by atoms with van der Waals surface area (Å²) in [6.07, 6.45) is 0. The lowest BCUT2D eigenvalue weighted by molar-refractivity contribution is 0.0693. The average molecular weight is 355 g/mol. The molecule has 2 aromatic rings. The highest BCUT2D eigenvalue weighted by molar-refractivity contribution is 14.1. The van der Waals surface area contributed by atoms with Gasteiger partial charge < -0.3 is 9.84 Å². The third-order valence-corrected chi connectivity index (χ3v) is 2.98. The monoisotopic (exact) mass is 355 g/mol. The molecule has 0 fully saturated rings. The predicted molar refractivity (Wildman–Crippen MR) is 75.2 cm³/mol. The second kappa shape index (κ2) is 5.34. The van der Waals surface area contributed by atoms with Gasteiger partial charge in [-0.3, -0.25) is 0 Å². The molecule has 18 heavy (non-hydrogen) atoms. The Morgan fingerprint density at radius 3 is 2.50 bits per heavy atom. The van der Waals surface area contributed by atoms with Gasteiger partial charge in [-0.15, -0.1) is 0 Å². The summed E-state index contributed by atoms with van der Waals surface area (Å²) in [6.45, 7) is 1.78. The van der Waals surface area contributed by atoms with E-state index in [4.69, 9.17) is 9.84 Å². The summed E-state index contributed by atoms with van der Waals surface area (Å²) in [5.41, 5.74) is 0.764. The number of carboxylic acid groups (broad SMARTS) is 1. The highest BCUT2D eigenvalue weighted by Gasteiger charge is 2.13. The number of carboxylic acids is 1. The molecule has 1 aromatic carbocycles. The molecule has 4 nitrogen and oxygen atoms in total. The van der Waals surface area contributed by atoms with Crippen molar-refractivity contribution in [2.24, 2.45) is 0 Å². The number of benzene rings is 1. The molecule has 0 saturated heterocycles. The molecule has 0 unspecified atom stereocenters. The minimum atomic E-state index is -1.05. The Labute approximate surface area is 118 Å². The molecule has 92 valence electrons. The molecule has 0 amide bonds. The smallest absolute Gasteiger partial charge is 0.341 e. The van der Waals surface area contributed by atoms with Gasteiger partial charge >= 0.3 is 5.97 Å². The van der Waals surface area contributed by atoms with Crippen LogP contribution < -0.4 is 4.74 Å². The van der Waals surface area contributed by atoms with Gasteiger partial charge in [0.2, 0.25) is 5.88 Å². The van der Waals surface area contributed by atoms with E-state index in [0.29, 0.717) is 11.4 Å². The van der Waals surface area contributed by atoms with Crippen molar-refractivity contribution in [3.8, 4) is 11.6 Å². The first-order valence-corrected chi connectivity index (χ1v) is 6.28. The minimum absolute atomic E-state index is 0.0548. The maximum absolute atomic E-state index is 11.1. The summed E-state index contributed by atoms with van der Waals surface area (Å²) in [5, 5.41) is 9.06. The highest BCUT2D eigenvalue weighted by atomic mass is 127. The van der Waals surface area contributed by atoms with E-state index >= 15 is 0 Å². The summed E-state index contributed by atoms with van der Waals surface area (Å²) in [4.78, 5) is 15.2. The van der Waals surface area contributed by atoms with Gasteiger partial charge in [-0.05, 0) is 65.9 Å². The first-order chi connectivity index (χ1) is 8.56. The van der Waals surface area contributed by atoms with Crippen molar-refractivity contribution in [1.82, 2.24) is 4.98 Å². The van der Waals surface area contributed by atoms with E-state index in [-0.39, 0.29) is 11.4 Å². The SMILES string of the molecule is Cc1ccc(C(=O)O)c(Oc2ccc(I)cc2)n1. The van der Waals surface area contributed by atoms with E-state index in [9.17, 15) is 4.79 Å². The summed E-state index contributed by atoms with van der Waals surface area (Å²) < 4.78 is 6.59. The Bertz CT molecular complexity index is 581. The van der Waals surface area contributed by atoms with Crippen LogP contribution in [0.15, 0.2) is 36.4 Å². The minimum Gasteiger partial charge on any atom is -0.477 e. The number of rotatable bonds is 3. The molecule has 0 saturated carbocycles. The number of hydrogen-bond donors (Lipinski definition) is 1. The van der Waals surface area contributed by atoms with Crippen molar-refractivity contribution >= 4 is 28.6 Å². The third-order valence-electron chi connectivity index (χ3n) is 2.26. The number of aryl methyl sites for hydroxylation is 1.